The van der Waals surface area contributed by atoms with E-state index in [-0.39, 0.29) is 17.9 Å². The molecule has 112 valence electrons. The number of carboxylic acids is 1. The summed E-state index contributed by atoms with van der Waals surface area (Å²) in [5, 5.41) is 22.0. The minimum Gasteiger partial charge on any atom is -0.475 e. The van der Waals surface area contributed by atoms with E-state index in [0.717, 1.165) is 19.3 Å². The van der Waals surface area contributed by atoms with Gasteiger partial charge in [0.05, 0.1) is 13.2 Å². The first kappa shape index (κ1) is 15.1. The van der Waals surface area contributed by atoms with Crippen LogP contribution in [0.4, 0.5) is 0 Å². The zero-order valence-electron chi connectivity index (χ0n) is 12.1. The monoisotopic (exact) mass is 281 g/mol. The van der Waals surface area contributed by atoms with Crippen molar-refractivity contribution in [2.45, 2.75) is 51.6 Å². The fourth-order valence-corrected chi connectivity index (χ4v) is 3.14. The summed E-state index contributed by atoms with van der Waals surface area (Å²) in [6, 6.07) is 1.74. The van der Waals surface area contributed by atoms with Crippen molar-refractivity contribution in [1.82, 2.24) is 5.32 Å². The largest absolute Gasteiger partial charge is 0.475 e. The average Bonchev–Trinajstić information content (AvgIpc) is 2.78. The molecule has 20 heavy (non-hydrogen) atoms. The third kappa shape index (κ3) is 3.22. The van der Waals surface area contributed by atoms with Gasteiger partial charge in [-0.25, -0.2) is 4.79 Å². The van der Waals surface area contributed by atoms with Gasteiger partial charge < -0.3 is 19.9 Å². The van der Waals surface area contributed by atoms with E-state index in [0.29, 0.717) is 23.8 Å². The molecule has 2 rings (SSSR count). The molecule has 1 aliphatic rings. The second-order valence-electron chi connectivity index (χ2n) is 6.02. The second kappa shape index (κ2) is 5.97. The van der Waals surface area contributed by atoms with Gasteiger partial charge in [0.15, 0.2) is 0 Å². The number of aryl methyl sites for hydroxylation is 1. The summed E-state index contributed by atoms with van der Waals surface area (Å²) in [5.41, 5.74) is 0.367. The molecule has 2 atom stereocenters. The summed E-state index contributed by atoms with van der Waals surface area (Å²) in [6.07, 6.45) is 4.19. The molecule has 3 N–H and O–H groups in total. The lowest BCUT2D eigenvalue weighted by Gasteiger charge is -2.39. The van der Waals surface area contributed by atoms with Gasteiger partial charge in [0, 0.05) is 11.1 Å². The highest BCUT2D eigenvalue weighted by atomic mass is 16.4. The Morgan fingerprint density at radius 2 is 2.35 bits per heavy atom. The van der Waals surface area contributed by atoms with Crippen molar-refractivity contribution < 1.29 is 19.4 Å². The first-order chi connectivity index (χ1) is 9.46. The number of carbonyl (C=O) groups is 1. The van der Waals surface area contributed by atoms with Crippen LogP contribution in [0.25, 0.3) is 0 Å². The number of hydrogen-bond donors (Lipinski definition) is 3. The lowest BCUT2D eigenvalue weighted by atomic mass is 9.77. The molecule has 1 aromatic heterocycles. The Kier molecular flexibility index (Phi) is 4.50. The maximum atomic E-state index is 10.9. The predicted octanol–water partition coefficient (Wildman–Crippen LogP) is 2.32. The lowest BCUT2D eigenvalue weighted by molar-refractivity contribution is 0.0656. The Morgan fingerprint density at radius 1 is 1.60 bits per heavy atom. The highest BCUT2D eigenvalue weighted by molar-refractivity contribution is 5.86. The molecule has 1 saturated carbocycles. The third-order valence-corrected chi connectivity index (χ3v) is 4.19. The van der Waals surface area contributed by atoms with E-state index in [9.17, 15) is 9.90 Å². The van der Waals surface area contributed by atoms with Gasteiger partial charge in [0.2, 0.25) is 5.76 Å². The normalized spacial score (nSPS) is 26.6. The van der Waals surface area contributed by atoms with Crippen LogP contribution in [0.15, 0.2) is 10.5 Å². The van der Waals surface area contributed by atoms with E-state index < -0.39 is 5.97 Å². The summed E-state index contributed by atoms with van der Waals surface area (Å²) >= 11 is 0. The van der Waals surface area contributed by atoms with Crippen LogP contribution in [0, 0.1) is 12.8 Å². The van der Waals surface area contributed by atoms with Crippen molar-refractivity contribution in [2.24, 2.45) is 5.92 Å². The topological polar surface area (TPSA) is 82.7 Å². The van der Waals surface area contributed by atoms with Crippen LogP contribution in [0.3, 0.4) is 0 Å². The second-order valence-corrected chi connectivity index (χ2v) is 6.02. The number of nitrogens with one attached hydrogen (secondary N) is 1. The Balaban J connectivity index is 2.03. The maximum Gasteiger partial charge on any atom is 0.372 e. The molecule has 0 aliphatic heterocycles. The molecular formula is C15H23NO4. The van der Waals surface area contributed by atoms with Gasteiger partial charge in [-0.3, -0.25) is 0 Å². The predicted molar refractivity (Wildman–Crippen MR) is 74.7 cm³/mol. The Labute approximate surface area is 119 Å². The molecule has 1 aromatic rings. The summed E-state index contributed by atoms with van der Waals surface area (Å²) < 4.78 is 5.34. The van der Waals surface area contributed by atoms with Gasteiger partial charge in [-0.1, -0.05) is 19.8 Å². The van der Waals surface area contributed by atoms with Crippen molar-refractivity contribution >= 4 is 5.97 Å². The van der Waals surface area contributed by atoms with E-state index in [2.05, 4.69) is 12.2 Å². The van der Waals surface area contributed by atoms with Gasteiger partial charge in [0.1, 0.15) is 5.76 Å². The van der Waals surface area contributed by atoms with Gasteiger partial charge in [0.25, 0.3) is 0 Å². The third-order valence-electron chi connectivity index (χ3n) is 4.19. The fourth-order valence-electron chi connectivity index (χ4n) is 3.14. The van der Waals surface area contributed by atoms with E-state index in [4.69, 9.17) is 9.52 Å². The molecule has 0 saturated heterocycles. The maximum absolute atomic E-state index is 10.9. The lowest BCUT2D eigenvalue weighted by Crippen LogP contribution is -2.51. The number of aliphatic hydroxyl groups excluding tert-OH is 1. The molecule has 0 aromatic carbocycles. The molecular weight excluding hydrogens is 258 g/mol. The van der Waals surface area contributed by atoms with Crippen molar-refractivity contribution in [3.05, 3.63) is 23.2 Å². The highest BCUT2D eigenvalue weighted by Gasteiger charge is 2.34. The van der Waals surface area contributed by atoms with Crippen molar-refractivity contribution in [3.63, 3.8) is 0 Å². The number of furan rings is 1. The Hall–Kier alpha value is -1.33. The fraction of sp³-hybridized carbons (Fsp3) is 0.667. The Morgan fingerprint density at radius 3 is 2.90 bits per heavy atom. The Bertz CT molecular complexity index is 482. The van der Waals surface area contributed by atoms with Crippen molar-refractivity contribution in [1.29, 1.82) is 0 Å². The standard InChI is InChI=1S/C15H23NO4/c1-10-4-3-5-15(7-10,9-17)16-8-12-6-11(2)13(20-12)14(18)19/h6,10,16-17H,3-5,7-9H2,1-2H3,(H,18,19). The zero-order valence-corrected chi connectivity index (χ0v) is 12.1. The number of carboxylic acid groups (broad SMARTS) is 1. The molecule has 0 radical (unpaired) electrons. The van der Waals surface area contributed by atoms with E-state index >= 15 is 0 Å². The number of rotatable bonds is 5. The minimum atomic E-state index is -1.04. The van der Waals surface area contributed by atoms with Crippen LogP contribution in [0.2, 0.25) is 0 Å². The molecule has 2 unspecified atom stereocenters. The van der Waals surface area contributed by atoms with Crippen LogP contribution >= 0.6 is 0 Å². The molecule has 1 heterocycles. The summed E-state index contributed by atoms with van der Waals surface area (Å²) in [4.78, 5) is 10.9. The quantitative estimate of drug-likeness (QED) is 0.771. The van der Waals surface area contributed by atoms with Gasteiger partial charge >= 0.3 is 5.97 Å². The summed E-state index contributed by atoms with van der Waals surface area (Å²) in [6.45, 7) is 4.47. The molecule has 0 amide bonds. The molecule has 1 aliphatic carbocycles. The molecule has 1 fully saturated rings. The van der Waals surface area contributed by atoms with Gasteiger partial charge in [-0.15, -0.1) is 0 Å². The number of aliphatic hydroxyl groups is 1. The van der Waals surface area contributed by atoms with Crippen LogP contribution in [-0.2, 0) is 6.54 Å². The van der Waals surface area contributed by atoms with Crippen molar-refractivity contribution in [3.8, 4) is 0 Å². The first-order valence-corrected chi connectivity index (χ1v) is 7.14. The molecule has 5 nitrogen and oxygen atoms in total. The van der Waals surface area contributed by atoms with E-state index in [1.54, 1.807) is 13.0 Å². The van der Waals surface area contributed by atoms with E-state index in [1.165, 1.54) is 6.42 Å². The first-order valence-electron chi connectivity index (χ1n) is 7.14. The summed E-state index contributed by atoms with van der Waals surface area (Å²) in [7, 11) is 0. The van der Waals surface area contributed by atoms with Crippen LogP contribution in [-0.4, -0.2) is 28.3 Å². The molecule has 0 spiro atoms. The summed E-state index contributed by atoms with van der Waals surface area (Å²) in [5.74, 6) is 0.149. The molecule has 0 bridgehead atoms. The van der Waals surface area contributed by atoms with Gasteiger partial charge in [-0.05, 0) is 31.7 Å². The minimum absolute atomic E-state index is 0.00291. The SMILES string of the molecule is Cc1cc(CNC2(CO)CCCC(C)C2)oc1C(=O)O. The number of hydrogen-bond acceptors (Lipinski definition) is 4. The smallest absolute Gasteiger partial charge is 0.372 e. The average molecular weight is 281 g/mol. The zero-order chi connectivity index (χ0) is 14.8. The highest BCUT2D eigenvalue weighted by Crippen LogP contribution is 2.32. The van der Waals surface area contributed by atoms with E-state index in [1.807, 2.05) is 0 Å². The molecule has 5 heteroatoms. The number of aromatic carboxylic acids is 1. The van der Waals surface area contributed by atoms with Gasteiger partial charge in [-0.2, -0.15) is 0 Å². The van der Waals surface area contributed by atoms with Crippen LogP contribution < -0.4 is 5.32 Å². The van der Waals surface area contributed by atoms with Crippen molar-refractivity contribution in [2.75, 3.05) is 6.61 Å². The van der Waals surface area contributed by atoms with Crippen LogP contribution in [0.5, 0.6) is 0 Å². The van der Waals surface area contributed by atoms with Crippen LogP contribution in [0.1, 0.15) is 54.5 Å².